The van der Waals surface area contributed by atoms with E-state index in [0.29, 0.717) is 33.9 Å². The number of nitrogen functional groups attached to an aromatic ring is 2. The number of unbranched alkanes of at least 4 members (excludes halogenated alkanes) is 4. The number of hydrogen-bond donors (Lipinski definition) is 7. The van der Waals surface area contributed by atoms with Gasteiger partial charge >= 0.3 is 0 Å². The van der Waals surface area contributed by atoms with Crippen LogP contribution in [0.1, 0.15) is 72.7 Å². The number of alkyl halides is 1. The molecule has 0 spiro atoms. The molecule has 0 fully saturated rings. The molecule has 0 bridgehead atoms. The predicted octanol–water partition coefficient (Wildman–Crippen LogP) is 9.17. The first-order valence-electron chi connectivity index (χ1n) is 17.4. The molecule has 0 amide bonds. The number of halogens is 1. The third-order valence-electron chi connectivity index (χ3n) is 9.68. The quantitative estimate of drug-likeness (QED) is 0.0214. The highest BCUT2D eigenvalue weighted by Gasteiger charge is 2.39. The molecule has 6 aromatic rings. The van der Waals surface area contributed by atoms with Gasteiger partial charge in [0.2, 0.25) is 0 Å². The molecule has 1 aliphatic rings. The number of aromatic nitrogens is 2. The van der Waals surface area contributed by atoms with Gasteiger partial charge in [0, 0.05) is 62.7 Å². The summed E-state index contributed by atoms with van der Waals surface area (Å²) < 4.78 is 5.41. The smallest absolute Gasteiger partial charge is 0.121 e. The Bertz CT molecular complexity index is 2280. The third-order valence-corrected chi connectivity index (χ3v) is 10.8. The minimum absolute atomic E-state index is 0.483. The fourth-order valence-corrected chi connectivity index (χ4v) is 8.04. The molecule has 51 heavy (non-hydrogen) atoms. The van der Waals surface area contributed by atoms with Crippen molar-refractivity contribution in [3.8, 4) is 28.1 Å². The van der Waals surface area contributed by atoms with Crippen LogP contribution >= 0.6 is 22.6 Å². The number of anilines is 2. The first-order chi connectivity index (χ1) is 24.6. The highest BCUT2D eigenvalue weighted by Crippen LogP contribution is 2.53. The number of ether oxygens (including phenoxy) is 1. The molecule has 7 rings (SSSR count). The zero-order chi connectivity index (χ0) is 35.7. The summed E-state index contributed by atoms with van der Waals surface area (Å²) in [7, 11) is 0. The van der Waals surface area contributed by atoms with Crippen LogP contribution in [-0.2, 0) is 3.55 Å². The molecular weight excluding hydrogens is 745 g/mol. The highest BCUT2D eigenvalue weighted by atomic mass is 127. The first kappa shape index (κ1) is 34.3. The summed E-state index contributed by atoms with van der Waals surface area (Å²) in [6.45, 7) is 2.97. The Morgan fingerprint density at radius 3 is 2.24 bits per heavy atom. The van der Waals surface area contributed by atoms with Crippen molar-refractivity contribution in [2.24, 2.45) is 17.2 Å². The highest BCUT2D eigenvalue weighted by molar-refractivity contribution is 14.1. The van der Waals surface area contributed by atoms with E-state index in [2.05, 4.69) is 88.0 Å². The molecule has 0 saturated heterocycles. The molecule has 1 aliphatic carbocycles. The Morgan fingerprint density at radius 1 is 0.784 bits per heavy atom. The maximum atomic E-state index is 7.20. The van der Waals surface area contributed by atoms with E-state index in [0.717, 1.165) is 74.4 Å². The van der Waals surface area contributed by atoms with E-state index in [1.807, 2.05) is 42.6 Å². The predicted molar refractivity (Wildman–Crippen MR) is 223 cm³/mol. The Kier molecular flexibility index (Phi) is 9.58. The standard InChI is InChI=1S/C42H44IN7O/c1-2-3-4-5-6-18-51-29-12-15-30-25(19-29)9-14-32-31-13-10-26(20-35(31)42(43,48)41(30)32)40-16-11-28(50-40)22-37(45)34-24-38(46)33(23-39(34)47)36(44)21-27-8-7-17-49-27/h7-17,19-24,49-50H,2-6,18,44-48H2,1H3/b36-21-,37-22-. The van der Waals surface area contributed by atoms with E-state index in [1.165, 1.54) is 25.7 Å². The van der Waals surface area contributed by atoms with Crippen molar-refractivity contribution in [2.45, 2.75) is 42.6 Å². The van der Waals surface area contributed by atoms with Crippen molar-refractivity contribution in [2.75, 3.05) is 18.1 Å². The molecule has 2 heterocycles. The molecule has 260 valence electrons. The Labute approximate surface area is 312 Å². The van der Waals surface area contributed by atoms with Gasteiger partial charge in [0.05, 0.1) is 6.61 Å². The van der Waals surface area contributed by atoms with Crippen molar-refractivity contribution in [3.05, 3.63) is 125 Å². The summed E-state index contributed by atoms with van der Waals surface area (Å²) in [4.78, 5) is 6.62. The molecule has 8 nitrogen and oxygen atoms in total. The van der Waals surface area contributed by atoms with E-state index < -0.39 is 3.55 Å². The largest absolute Gasteiger partial charge is 0.494 e. The van der Waals surface area contributed by atoms with Gasteiger partial charge in [-0.1, -0.05) is 85.5 Å². The molecule has 9 heteroatoms. The van der Waals surface area contributed by atoms with Gasteiger partial charge in [-0.05, 0) is 106 Å². The van der Waals surface area contributed by atoms with E-state index in [1.54, 1.807) is 12.1 Å². The molecular formula is C42H44IN7O. The Morgan fingerprint density at radius 2 is 1.51 bits per heavy atom. The Balaban J connectivity index is 1.11. The molecule has 0 radical (unpaired) electrons. The topological polar surface area (TPSA) is 171 Å². The number of nitrogens with one attached hydrogen (secondary N) is 2. The summed E-state index contributed by atoms with van der Waals surface area (Å²) >= 11 is 2.40. The van der Waals surface area contributed by atoms with Gasteiger partial charge in [-0.2, -0.15) is 0 Å². The van der Waals surface area contributed by atoms with E-state index in [4.69, 9.17) is 33.4 Å². The van der Waals surface area contributed by atoms with Crippen molar-refractivity contribution in [3.63, 3.8) is 0 Å². The number of H-pyrrole nitrogens is 2. The second-order valence-electron chi connectivity index (χ2n) is 13.3. The number of rotatable bonds is 12. The van der Waals surface area contributed by atoms with Gasteiger partial charge in [-0.25, -0.2) is 0 Å². The summed E-state index contributed by atoms with van der Waals surface area (Å²) in [6, 6.07) is 28.6. The summed E-state index contributed by atoms with van der Waals surface area (Å²) in [5.74, 6) is 0.900. The van der Waals surface area contributed by atoms with Crippen molar-refractivity contribution in [1.82, 2.24) is 9.97 Å². The molecule has 12 N–H and O–H groups in total. The van der Waals surface area contributed by atoms with Crippen LogP contribution in [0.25, 0.3) is 56.7 Å². The van der Waals surface area contributed by atoms with Gasteiger partial charge in [-0.15, -0.1) is 0 Å². The van der Waals surface area contributed by atoms with Gasteiger partial charge in [0.15, 0.2) is 0 Å². The lowest BCUT2D eigenvalue weighted by Gasteiger charge is -2.21. The molecule has 1 atom stereocenters. The SMILES string of the molecule is CCCCCCCOc1ccc2c3c(ccc2c1)-c1ccc(-c2ccc(/C=C(\N)c4cc(N)c(/C(N)=C/c5ccc[nH]5)cc4N)[nH]2)cc1C3(N)I. The minimum Gasteiger partial charge on any atom is -0.494 e. The normalized spacial score (nSPS) is 15.7. The monoisotopic (exact) mass is 789 g/mol. The van der Waals surface area contributed by atoms with Crippen LogP contribution in [0.2, 0.25) is 0 Å². The van der Waals surface area contributed by atoms with Crippen LogP contribution in [0.15, 0.2) is 91.1 Å². The fourth-order valence-electron chi connectivity index (χ4n) is 7.01. The zero-order valence-corrected chi connectivity index (χ0v) is 30.9. The molecule has 0 saturated carbocycles. The number of nitrogens with two attached hydrogens (primary N) is 5. The molecule has 2 aromatic heterocycles. The minimum atomic E-state index is -0.705. The van der Waals surface area contributed by atoms with Crippen LogP contribution in [0, 0.1) is 0 Å². The second-order valence-corrected chi connectivity index (χ2v) is 15.0. The molecule has 1 unspecified atom stereocenters. The Hall–Kier alpha value is -5.13. The van der Waals surface area contributed by atoms with Gasteiger partial charge in [0.25, 0.3) is 0 Å². The lowest BCUT2D eigenvalue weighted by molar-refractivity contribution is 0.305. The van der Waals surface area contributed by atoms with Crippen LogP contribution in [0.3, 0.4) is 0 Å². The number of benzene rings is 4. The number of aromatic amines is 2. The third kappa shape index (κ3) is 6.83. The lowest BCUT2D eigenvalue weighted by atomic mass is 9.97. The molecule has 0 aliphatic heterocycles. The fraction of sp³-hybridized carbons (Fsp3) is 0.190. The summed E-state index contributed by atoms with van der Waals surface area (Å²) in [6.07, 6.45) is 11.6. The van der Waals surface area contributed by atoms with Crippen molar-refractivity contribution < 1.29 is 4.74 Å². The van der Waals surface area contributed by atoms with E-state index in [-0.39, 0.29) is 0 Å². The maximum absolute atomic E-state index is 7.20. The average molecular weight is 790 g/mol. The van der Waals surface area contributed by atoms with Gasteiger partial charge < -0.3 is 43.4 Å². The van der Waals surface area contributed by atoms with E-state index >= 15 is 0 Å². The lowest BCUT2D eigenvalue weighted by Crippen LogP contribution is -2.28. The average Bonchev–Trinajstić information content (AvgIpc) is 3.86. The van der Waals surface area contributed by atoms with Crippen LogP contribution in [0.4, 0.5) is 11.4 Å². The van der Waals surface area contributed by atoms with E-state index in [9.17, 15) is 0 Å². The zero-order valence-electron chi connectivity index (χ0n) is 28.7. The number of fused-ring (bicyclic) bond motifs is 5. The van der Waals surface area contributed by atoms with Crippen LogP contribution < -0.4 is 33.4 Å². The summed E-state index contributed by atoms with van der Waals surface area (Å²) in [5.41, 5.74) is 44.4. The first-order valence-corrected chi connectivity index (χ1v) is 18.5. The van der Waals surface area contributed by atoms with Crippen molar-refractivity contribution >= 4 is 68.3 Å². The number of hydrogen-bond acceptors (Lipinski definition) is 6. The second kappa shape index (κ2) is 14.2. The summed E-state index contributed by atoms with van der Waals surface area (Å²) in [5, 5.41) is 2.27. The van der Waals surface area contributed by atoms with Crippen LogP contribution in [0.5, 0.6) is 5.75 Å². The van der Waals surface area contributed by atoms with Gasteiger partial charge in [-0.3, -0.25) is 0 Å². The molecule has 4 aromatic carbocycles. The maximum Gasteiger partial charge on any atom is 0.121 e. The van der Waals surface area contributed by atoms with Gasteiger partial charge in [0.1, 0.15) is 9.30 Å². The van der Waals surface area contributed by atoms with Crippen LogP contribution in [-0.4, -0.2) is 16.6 Å². The van der Waals surface area contributed by atoms with Crippen molar-refractivity contribution in [1.29, 1.82) is 0 Å².